The van der Waals surface area contributed by atoms with E-state index in [0.29, 0.717) is 16.6 Å². The Kier molecular flexibility index (Phi) is 7.63. The van der Waals surface area contributed by atoms with Crippen LogP contribution in [-0.2, 0) is 21.0 Å². The number of hydrogen-bond donors (Lipinski definition) is 1. The number of nitrogens with one attached hydrogen (secondary N) is 1. The first-order valence-electron chi connectivity index (χ1n) is 8.21. The zero-order valence-corrected chi connectivity index (χ0v) is 17.6. The van der Waals surface area contributed by atoms with Gasteiger partial charge in [-0.3, -0.25) is 9.10 Å². The molecule has 0 saturated heterocycles. The summed E-state index contributed by atoms with van der Waals surface area (Å²) in [6.07, 6.45) is -3.76. The summed E-state index contributed by atoms with van der Waals surface area (Å²) in [4.78, 5) is 12.4. The second kappa shape index (κ2) is 8.72. The van der Waals surface area contributed by atoms with Gasteiger partial charge in [0.05, 0.1) is 17.5 Å². The van der Waals surface area contributed by atoms with Crippen molar-refractivity contribution in [3.05, 3.63) is 29.8 Å². The fourth-order valence-corrected chi connectivity index (χ4v) is 4.29. The van der Waals surface area contributed by atoms with Gasteiger partial charge in [-0.2, -0.15) is 24.9 Å². The minimum atomic E-state index is -4.62. The first-order chi connectivity index (χ1) is 12.1. The first kappa shape index (κ1) is 23.6. The Morgan fingerprint density at radius 2 is 1.85 bits per heavy atom. The Balaban J connectivity index is 3.00. The highest BCUT2D eigenvalue weighted by Crippen LogP contribution is 2.32. The van der Waals surface area contributed by atoms with Crippen LogP contribution in [0.1, 0.15) is 33.3 Å². The number of amides is 1. The van der Waals surface area contributed by atoms with Crippen molar-refractivity contribution in [3.8, 4) is 0 Å². The van der Waals surface area contributed by atoms with Gasteiger partial charge in [0, 0.05) is 17.0 Å². The number of hydrogen-bond acceptors (Lipinski definition) is 4. The fraction of sp³-hybridized carbons (Fsp3) is 0.588. The van der Waals surface area contributed by atoms with Gasteiger partial charge in [0.15, 0.2) is 0 Å². The summed E-state index contributed by atoms with van der Waals surface area (Å²) in [6, 6.07) is 2.72. The third-order valence-electron chi connectivity index (χ3n) is 3.45. The maximum atomic E-state index is 12.9. The molecule has 1 N–H and O–H groups in total. The largest absolute Gasteiger partial charge is 0.416 e. The van der Waals surface area contributed by atoms with E-state index < -0.39 is 33.7 Å². The van der Waals surface area contributed by atoms with Gasteiger partial charge in [-0.15, -0.1) is 0 Å². The van der Waals surface area contributed by atoms with E-state index in [1.165, 1.54) is 13.0 Å². The molecule has 10 heteroatoms. The van der Waals surface area contributed by atoms with Crippen LogP contribution in [0.15, 0.2) is 24.3 Å². The maximum Gasteiger partial charge on any atom is 0.416 e. The third-order valence-corrected chi connectivity index (χ3v) is 5.97. The number of carbonyl (C=O) groups excluding carboxylic acids is 1. The summed E-state index contributed by atoms with van der Waals surface area (Å²) in [6.45, 7) is 7.75. The van der Waals surface area contributed by atoms with E-state index in [1.54, 1.807) is 11.8 Å². The molecule has 1 aromatic carbocycles. The normalized spacial score (nSPS) is 13.9. The molecule has 27 heavy (non-hydrogen) atoms. The van der Waals surface area contributed by atoms with Crippen molar-refractivity contribution in [2.45, 2.75) is 44.7 Å². The van der Waals surface area contributed by atoms with Crippen LogP contribution in [0.2, 0.25) is 0 Å². The highest BCUT2D eigenvalue weighted by Gasteiger charge is 2.34. The molecule has 154 valence electrons. The van der Waals surface area contributed by atoms with Crippen LogP contribution in [0.5, 0.6) is 0 Å². The van der Waals surface area contributed by atoms with Crippen molar-refractivity contribution >= 4 is 33.4 Å². The lowest BCUT2D eigenvalue weighted by atomic mass is 10.2. The lowest BCUT2D eigenvalue weighted by Crippen LogP contribution is -2.48. The number of halogens is 3. The Morgan fingerprint density at radius 3 is 2.33 bits per heavy atom. The number of nitrogens with zero attached hydrogens (tertiary/aromatic N) is 1. The smallest absolute Gasteiger partial charge is 0.353 e. The van der Waals surface area contributed by atoms with E-state index in [-0.39, 0.29) is 10.4 Å². The summed E-state index contributed by atoms with van der Waals surface area (Å²) in [5, 5.41) is 2.63. The summed E-state index contributed by atoms with van der Waals surface area (Å²) in [7, 11) is -3.98. The molecule has 0 saturated carbocycles. The van der Waals surface area contributed by atoms with E-state index in [0.717, 1.165) is 24.5 Å². The van der Waals surface area contributed by atoms with Gasteiger partial charge < -0.3 is 5.32 Å². The Bertz CT molecular complexity index is 759. The molecule has 0 aliphatic rings. The van der Waals surface area contributed by atoms with Crippen molar-refractivity contribution in [1.82, 2.24) is 5.32 Å². The average Bonchev–Trinajstić information content (AvgIpc) is 2.48. The van der Waals surface area contributed by atoms with Gasteiger partial charge in [-0.1, -0.05) is 26.8 Å². The second-order valence-electron chi connectivity index (χ2n) is 7.03. The Labute approximate surface area is 162 Å². The van der Waals surface area contributed by atoms with Crippen molar-refractivity contribution in [2.24, 2.45) is 0 Å². The predicted octanol–water partition coefficient (Wildman–Crippen LogP) is 3.51. The van der Waals surface area contributed by atoms with E-state index >= 15 is 0 Å². The second-order valence-corrected chi connectivity index (χ2v) is 10.8. The van der Waals surface area contributed by atoms with E-state index in [9.17, 15) is 26.4 Å². The molecular formula is C17H25F3N2O3S2. The van der Waals surface area contributed by atoms with Gasteiger partial charge in [0.25, 0.3) is 0 Å². The quantitative estimate of drug-likeness (QED) is 0.678. The number of carbonyl (C=O) groups is 1. The molecule has 0 aromatic heterocycles. The maximum absolute atomic E-state index is 12.9. The fourth-order valence-electron chi connectivity index (χ4n) is 2.31. The molecular weight excluding hydrogens is 401 g/mol. The molecule has 0 heterocycles. The molecule has 1 unspecified atom stereocenters. The van der Waals surface area contributed by atoms with Crippen LogP contribution in [-0.4, -0.2) is 43.7 Å². The molecule has 0 aliphatic heterocycles. The molecule has 1 amide bonds. The molecule has 1 aromatic rings. The molecule has 0 radical (unpaired) electrons. The number of rotatable bonds is 7. The van der Waals surface area contributed by atoms with Gasteiger partial charge >= 0.3 is 6.18 Å². The summed E-state index contributed by atoms with van der Waals surface area (Å²) in [5.74, 6) is 0.0528. The minimum absolute atomic E-state index is 0.0210. The molecule has 0 aliphatic carbocycles. The lowest BCUT2D eigenvalue weighted by Gasteiger charge is -2.29. The van der Waals surface area contributed by atoms with E-state index in [4.69, 9.17) is 0 Å². The molecule has 0 bridgehead atoms. The predicted molar refractivity (Wildman–Crippen MR) is 103 cm³/mol. The summed E-state index contributed by atoms with van der Waals surface area (Å²) < 4.78 is 63.9. The molecule has 0 fully saturated rings. The van der Waals surface area contributed by atoms with Crippen molar-refractivity contribution in [3.63, 3.8) is 0 Å². The van der Waals surface area contributed by atoms with E-state index in [1.807, 2.05) is 20.8 Å². The standard InChI is InChI=1S/C17H25F3N2O3S2/c1-12(15(23)21-9-10-26-16(2,3)4)22(27(5,24)25)14-8-6-7-13(11-14)17(18,19)20/h6-8,11-12H,9-10H2,1-5H3,(H,21,23). The molecule has 1 atom stereocenters. The average molecular weight is 427 g/mol. The van der Waals surface area contributed by atoms with Crippen LogP contribution in [0, 0.1) is 0 Å². The zero-order valence-electron chi connectivity index (χ0n) is 15.9. The SMILES string of the molecule is CC(C(=O)NCCSC(C)(C)C)N(c1cccc(C(F)(F)F)c1)S(C)(=O)=O. The van der Waals surface area contributed by atoms with Crippen LogP contribution in [0.3, 0.4) is 0 Å². The number of sulfonamides is 1. The topological polar surface area (TPSA) is 66.5 Å². The van der Waals surface area contributed by atoms with Gasteiger partial charge in [0.1, 0.15) is 6.04 Å². The van der Waals surface area contributed by atoms with Crippen LogP contribution < -0.4 is 9.62 Å². The molecule has 1 rings (SSSR count). The zero-order chi connectivity index (χ0) is 21.0. The van der Waals surface area contributed by atoms with Gasteiger partial charge in [-0.05, 0) is 25.1 Å². The van der Waals surface area contributed by atoms with Crippen molar-refractivity contribution in [1.29, 1.82) is 0 Å². The van der Waals surface area contributed by atoms with Crippen LogP contribution >= 0.6 is 11.8 Å². The highest BCUT2D eigenvalue weighted by molar-refractivity contribution is 8.00. The van der Waals surface area contributed by atoms with Crippen LogP contribution in [0.4, 0.5) is 18.9 Å². The number of alkyl halides is 3. The number of benzene rings is 1. The molecule has 5 nitrogen and oxygen atoms in total. The Morgan fingerprint density at radius 1 is 1.26 bits per heavy atom. The monoisotopic (exact) mass is 426 g/mol. The van der Waals surface area contributed by atoms with Crippen molar-refractivity contribution < 1.29 is 26.4 Å². The minimum Gasteiger partial charge on any atom is -0.353 e. The number of anilines is 1. The molecule has 0 spiro atoms. The van der Waals surface area contributed by atoms with Crippen molar-refractivity contribution in [2.75, 3.05) is 22.9 Å². The van der Waals surface area contributed by atoms with Gasteiger partial charge in [0.2, 0.25) is 15.9 Å². The van der Waals surface area contributed by atoms with Crippen LogP contribution in [0.25, 0.3) is 0 Å². The first-order valence-corrected chi connectivity index (χ1v) is 11.0. The number of thioether (sulfide) groups is 1. The lowest BCUT2D eigenvalue weighted by molar-refractivity contribution is -0.137. The summed E-state index contributed by atoms with van der Waals surface area (Å²) in [5.41, 5.74) is -1.19. The van der Waals surface area contributed by atoms with E-state index in [2.05, 4.69) is 5.32 Å². The third kappa shape index (κ3) is 7.61. The highest BCUT2D eigenvalue weighted by atomic mass is 32.2. The Hall–Kier alpha value is -1.42. The van der Waals surface area contributed by atoms with Gasteiger partial charge in [-0.25, -0.2) is 8.42 Å². The summed E-state index contributed by atoms with van der Waals surface area (Å²) >= 11 is 1.63.